The lowest BCUT2D eigenvalue weighted by atomic mass is 9.92. The van der Waals surface area contributed by atoms with E-state index < -0.39 is 0 Å². The Morgan fingerprint density at radius 1 is 1.42 bits per heavy atom. The number of imidazole rings is 1. The molecule has 0 radical (unpaired) electrons. The van der Waals surface area contributed by atoms with Gasteiger partial charge in [-0.3, -0.25) is 0 Å². The highest BCUT2D eigenvalue weighted by Gasteiger charge is 2.25. The van der Waals surface area contributed by atoms with Gasteiger partial charge in [0.25, 0.3) is 0 Å². The van der Waals surface area contributed by atoms with E-state index in [9.17, 15) is 9.90 Å². The molecule has 3 rings (SSSR count). The first-order chi connectivity index (χ1) is 11.6. The molecule has 0 aliphatic carbocycles. The summed E-state index contributed by atoms with van der Waals surface area (Å²) in [6.45, 7) is 3.93. The Bertz CT molecular complexity index is 641. The molecular weight excluding hydrogens is 304 g/mol. The molecule has 1 aromatic heterocycles. The Balaban J connectivity index is 1.38. The van der Waals surface area contributed by atoms with Crippen LogP contribution >= 0.6 is 0 Å². The lowest BCUT2D eigenvalue weighted by Gasteiger charge is -2.33. The van der Waals surface area contributed by atoms with Gasteiger partial charge in [-0.15, -0.1) is 0 Å². The minimum atomic E-state index is -0.279. The SMILES string of the molecule is CC(O)C1CCN(C(=O)NCCCc2nc3ccccc3[nH]2)CC1. The zero-order valence-corrected chi connectivity index (χ0v) is 14.2. The van der Waals surface area contributed by atoms with Crippen LogP contribution in [0, 0.1) is 5.92 Å². The van der Waals surface area contributed by atoms with E-state index in [1.807, 2.05) is 36.1 Å². The van der Waals surface area contributed by atoms with E-state index in [0.717, 1.165) is 55.6 Å². The molecule has 1 aromatic carbocycles. The second-order valence-electron chi connectivity index (χ2n) is 6.60. The van der Waals surface area contributed by atoms with Gasteiger partial charge in [-0.05, 0) is 44.2 Å². The predicted molar refractivity (Wildman–Crippen MR) is 93.8 cm³/mol. The second-order valence-corrected chi connectivity index (χ2v) is 6.60. The summed E-state index contributed by atoms with van der Waals surface area (Å²) < 4.78 is 0. The molecule has 0 spiro atoms. The van der Waals surface area contributed by atoms with E-state index in [1.54, 1.807) is 0 Å². The minimum Gasteiger partial charge on any atom is -0.393 e. The van der Waals surface area contributed by atoms with E-state index in [-0.39, 0.29) is 12.1 Å². The zero-order valence-electron chi connectivity index (χ0n) is 14.2. The number of nitrogens with zero attached hydrogens (tertiary/aromatic N) is 2. The highest BCUT2D eigenvalue weighted by atomic mass is 16.3. The van der Waals surface area contributed by atoms with Crippen LogP contribution in [-0.4, -0.2) is 51.7 Å². The van der Waals surface area contributed by atoms with Gasteiger partial charge in [0.2, 0.25) is 0 Å². The third-order valence-corrected chi connectivity index (χ3v) is 4.81. The fourth-order valence-electron chi connectivity index (χ4n) is 3.27. The summed E-state index contributed by atoms with van der Waals surface area (Å²) in [5.41, 5.74) is 2.04. The number of aromatic amines is 1. The first-order valence-electron chi connectivity index (χ1n) is 8.78. The average molecular weight is 330 g/mol. The number of piperidine rings is 1. The number of rotatable bonds is 5. The van der Waals surface area contributed by atoms with Gasteiger partial charge in [0.15, 0.2) is 0 Å². The topological polar surface area (TPSA) is 81.2 Å². The maximum atomic E-state index is 12.2. The Hall–Kier alpha value is -2.08. The summed E-state index contributed by atoms with van der Waals surface area (Å²) >= 11 is 0. The molecule has 1 atom stereocenters. The van der Waals surface area contributed by atoms with Crippen LogP contribution in [0.2, 0.25) is 0 Å². The average Bonchev–Trinajstić information content (AvgIpc) is 3.01. The Morgan fingerprint density at radius 3 is 2.88 bits per heavy atom. The summed E-state index contributed by atoms with van der Waals surface area (Å²) in [4.78, 5) is 21.8. The molecule has 24 heavy (non-hydrogen) atoms. The molecule has 6 heteroatoms. The van der Waals surface area contributed by atoms with Crippen LogP contribution in [0.4, 0.5) is 4.79 Å². The van der Waals surface area contributed by atoms with Gasteiger partial charge < -0.3 is 20.3 Å². The number of aromatic nitrogens is 2. The molecule has 1 aliphatic rings. The second kappa shape index (κ2) is 7.66. The molecular formula is C18H26N4O2. The molecule has 2 aromatic rings. The normalized spacial score (nSPS) is 17.2. The maximum Gasteiger partial charge on any atom is 0.317 e. The number of likely N-dealkylation sites (tertiary alicyclic amines) is 1. The van der Waals surface area contributed by atoms with Crippen molar-refractivity contribution in [1.29, 1.82) is 0 Å². The summed E-state index contributed by atoms with van der Waals surface area (Å²) in [6.07, 6.45) is 3.15. The Morgan fingerprint density at radius 2 is 2.17 bits per heavy atom. The largest absolute Gasteiger partial charge is 0.393 e. The van der Waals surface area contributed by atoms with Gasteiger partial charge in [-0.1, -0.05) is 12.1 Å². The van der Waals surface area contributed by atoms with Crippen LogP contribution in [0.5, 0.6) is 0 Å². The number of carbonyl (C=O) groups is 1. The molecule has 1 saturated heterocycles. The minimum absolute atomic E-state index is 0.00338. The van der Waals surface area contributed by atoms with Crippen molar-refractivity contribution in [2.45, 2.75) is 38.7 Å². The highest BCUT2D eigenvalue weighted by molar-refractivity contribution is 5.75. The van der Waals surface area contributed by atoms with Gasteiger partial charge in [-0.2, -0.15) is 0 Å². The molecule has 0 saturated carbocycles. The molecule has 1 unspecified atom stereocenters. The third-order valence-electron chi connectivity index (χ3n) is 4.81. The smallest absolute Gasteiger partial charge is 0.317 e. The molecule has 2 heterocycles. The van der Waals surface area contributed by atoms with Crippen molar-refractivity contribution in [3.05, 3.63) is 30.1 Å². The third kappa shape index (κ3) is 4.06. The summed E-state index contributed by atoms with van der Waals surface area (Å²) in [6, 6.07) is 7.99. The first kappa shape index (κ1) is 16.8. The number of benzene rings is 1. The molecule has 3 N–H and O–H groups in total. The Labute approximate surface area is 142 Å². The summed E-state index contributed by atoms with van der Waals surface area (Å²) in [5, 5.41) is 12.6. The van der Waals surface area contributed by atoms with Crippen LogP contribution in [0.3, 0.4) is 0 Å². The highest BCUT2D eigenvalue weighted by Crippen LogP contribution is 2.20. The van der Waals surface area contributed by atoms with Gasteiger partial charge in [0, 0.05) is 26.1 Å². The van der Waals surface area contributed by atoms with E-state index in [2.05, 4.69) is 15.3 Å². The van der Waals surface area contributed by atoms with Crippen LogP contribution in [0.25, 0.3) is 11.0 Å². The number of H-pyrrole nitrogens is 1. The van der Waals surface area contributed by atoms with Gasteiger partial charge >= 0.3 is 6.03 Å². The molecule has 6 nitrogen and oxygen atoms in total. The predicted octanol–water partition coefficient (Wildman–Crippen LogP) is 2.30. The van der Waals surface area contributed by atoms with Gasteiger partial charge in [-0.25, -0.2) is 9.78 Å². The number of para-hydroxylation sites is 2. The first-order valence-corrected chi connectivity index (χ1v) is 8.78. The number of amides is 2. The fourth-order valence-corrected chi connectivity index (χ4v) is 3.27. The summed E-state index contributed by atoms with van der Waals surface area (Å²) in [5.74, 6) is 1.28. The van der Waals surface area contributed by atoms with Crippen molar-refractivity contribution in [1.82, 2.24) is 20.2 Å². The molecule has 2 amide bonds. The van der Waals surface area contributed by atoms with Gasteiger partial charge in [0.05, 0.1) is 17.1 Å². The van der Waals surface area contributed by atoms with Crippen molar-refractivity contribution in [3.8, 4) is 0 Å². The number of aliphatic hydroxyl groups is 1. The van der Waals surface area contributed by atoms with Crippen molar-refractivity contribution >= 4 is 17.1 Å². The molecule has 1 fully saturated rings. The number of urea groups is 1. The van der Waals surface area contributed by atoms with E-state index in [4.69, 9.17) is 0 Å². The number of aliphatic hydroxyl groups excluding tert-OH is 1. The van der Waals surface area contributed by atoms with Crippen LogP contribution in [0.15, 0.2) is 24.3 Å². The molecule has 130 valence electrons. The van der Waals surface area contributed by atoms with Crippen molar-refractivity contribution in [2.24, 2.45) is 5.92 Å². The fraction of sp³-hybridized carbons (Fsp3) is 0.556. The van der Waals surface area contributed by atoms with E-state index in [1.165, 1.54) is 0 Å². The molecule has 0 bridgehead atoms. The lowest BCUT2D eigenvalue weighted by Crippen LogP contribution is -2.46. The van der Waals surface area contributed by atoms with Crippen molar-refractivity contribution < 1.29 is 9.90 Å². The number of hydrogen-bond acceptors (Lipinski definition) is 3. The number of carbonyl (C=O) groups excluding carboxylic acids is 1. The summed E-state index contributed by atoms with van der Waals surface area (Å²) in [7, 11) is 0. The monoisotopic (exact) mass is 330 g/mol. The number of nitrogens with one attached hydrogen (secondary N) is 2. The zero-order chi connectivity index (χ0) is 16.9. The maximum absolute atomic E-state index is 12.2. The van der Waals surface area contributed by atoms with E-state index in [0.29, 0.717) is 12.5 Å². The van der Waals surface area contributed by atoms with Crippen LogP contribution < -0.4 is 5.32 Å². The van der Waals surface area contributed by atoms with Crippen molar-refractivity contribution in [3.63, 3.8) is 0 Å². The standard InChI is InChI=1S/C18H26N4O2/c1-13(23)14-8-11-22(12-9-14)18(24)19-10-4-7-17-20-15-5-2-3-6-16(15)21-17/h2-3,5-6,13-14,23H,4,7-12H2,1H3,(H,19,24)(H,20,21). The molecule has 1 aliphatic heterocycles. The Kier molecular flexibility index (Phi) is 5.35. The van der Waals surface area contributed by atoms with Crippen LogP contribution in [-0.2, 0) is 6.42 Å². The number of hydrogen-bond donors (Lipinski definition) is 3. The van der Waals surface area contributed by atoms with Gasteiger partial charge in [0.1, 0.15) is 5.82 Å². The van der Waals surface area contributed by atoms with E-state index >= 15 is 0 Å². The van der Waals surface area contributed by atoms with Crippen molar-refractivity contribution in [2.75, 3.05) is 19.6 Å². The quantitative estimate of drug-likeness (QED) is 0.736. The number of aryl methyl sites for hydroxylation is 1. The lowest BCUT2D eigenvalue weighted by molar-refractivity contribution is 0.0798. The number of fused-ring (bicyclic) bond motifs is 1. The van der Waals surface area contributed by atoms with Crippen LogP contribution in [0.1, 0.15) is 32.0 Å².